The maximum absolute atomic E-state index is 12.4. The van der Waals surface area contributed by atoms with E-state index in [1.165, 1.54) is 0 Å². The number of rotatable bonds is 5. The van der Waals surface area contributed by atoms with Gasteiger partial charge in [0.2, 0.25) is 0 Å². The minimum Gasteiger partial charge on any atom is -0.495 e. The van der Waals surface area contributed by atoms with E-state index in [-0.39, 0.29) is 12.0 Å². The van der Waals surface area contributed by atoms with Gasteiger partial charge < -0.3 is 30.7 Å². The molecule has 1 aliphatic rings. The number of morpholine rings is 1. The van der Waals surface area contributed by atoms with E-state index in [0.29, 0.717) is 37.9 Å². The number of urea groups is 1. The van der Waals surface area contributed by atoms with Crippen LogP contribution in [0.1, 0.15) is 0 Å². The Morgan fingerprint density at radius 1 is 1.06 bits per heavy atom. The van der Waals surface area contributed by atoms with Gasteiger partial charge in [-0.05, 0) is 40.9 Å². The molecule has 1 fully saturated rings. The molecule has 9 nitrogen and oxygen atoms in total. The number of para-hydroxylation sites is 2. The van der Waals surface area contributed by atoms with E-state index >= 15 is 0 Å². The number of hydrogen-bond acceptors (Lipinski definition) is 4. The summed E-state index contributed by atoms with van der Waals surface area (Å²) in [5.41, 5.74) is 9.42. The number of nitrogens with zero attached hydrogens (tertiary/aromatic N) is 2. The first-order chi connectivity index (χ1) is 16.1. The SMILES string of the molecule is COc1ccccc1NC(N)=Nc1ccc(-c2cccc(NC(=O)N3CCOCC3)c2)c[nH+]1. The molecule has 0 bridgehead atoms. The highest BCUT2D eigenvalue weighted by Gasteiger charge is 2.17. The van der Waals surface area contributed by atoms with E-state index in [0.717, 1.165) is 22.5 Å². The number of aromatic nitrogens is 1. The van der Waals surface area contributed by atoms with Crippen molar-refractivity contribution in [3.8, 4) is 16.9 Å². The number of H-pyrrole nitrogens is 1. The molecule has 1 aromatic heterocycles. The summed E-state index contributed by atoms with van der Waals surface area (Å²) in [6.07, 6.45) is 1.85. The second-order valence-corrected chi connectivity index (χ2v) is 7.40. The maximum atomic E-state index is 12.4. The second-order valence-electron chi connectivity index (χ2n) is 7.40. The highest BCUT2D eigenvalue weighted by Crippen LogP contribution is 2.24. The van der Waals surface area contributed by atoms with Gasteiger partial charge in [0.25, 0.3) is 0 Å². The summed E-state index contributed by atoms with van der Waals surface area (Å²) in [5.74, 6) is 1.50. The van der Waals surface area contributed by atoms with Gasteiger partial charge in [-0.3, -0.25) is 0 Å². The first-order valence-corrected chi connectivity index (χ1v) is 10.6. The van der Waals surface area contributed by atoms with Gasteiger partial charge in [0.05, 0.1) is 32.2 Å². The van der Waals surface area contributed by atoms with E-state index in [1.54, 1.807) is 12.0 Å². The summed E-state index contributed by atoms with van der Waals surface area (Å²) in [6, 6.07) is 18.8. The Balaban J connectivity index is 1.43. The molecule has 1 aliphatic heterocycles. The molecule has 2 aromatic carbocycles. The Morgan fingerprint density at radius 3 is 2.64 bits per heavy atom. The minimum absolute atomic E-state index is 0.121. The number of aliphatic imine (C=N–C) groups is 1. The zero-order chi connectivity index (χ0) is 23.0. The molecule has 33 heavy (non-hydrogen) atoms. The zero-order valence-corrected chi connectivity index (χ0v) is 18.4. The largest absolute Gasteiger partial charge is 0.495 e. The number of carbonyl (C=O) groups excluding carboxylic acids is 1. The number of nitrogens with two attached hydrogens (primary N) is 1. The van der Waals surface area contributed by atoms with Crippen molar-refractivity contribution in [2.24, 2.45) is 10.7 Å². The molecule has 2 heterocycles. The number of pyridine rings is 1. The van der Waals surface area contributed by atoms with Crippen molar-refractivity contribution in [2.75, 3.05) is 44.0 Å². The molecule has 4 rings (SSSR count). The molecule has 3 aromatic rings. The predicted molar refractivity (Wildman–Crippen MR) is 128 cm³/mol. The van der Waals surface area contributed by atoms with Crippen molar-refractivity contribution in [2.45, 2.75) is 0 Å². The number of ether oxygens (including phenoxy) is 2. The number of hydrogen-bond donors (Lipinski definition) is 3. The number of guanidine groups is 1. The van der Waals surface area contributed by atoms with E-state index < -0.39 is 0 Å². The fourth-order valence-corrected chi connectivity index (χ4v) is 3.45. The Bertz CT molecular complexity index is 1130. The lowest BCUT2D eigenvalue weighted by Crippen LogP contribution is -2.43. The Morgan fingerprint density at radius 2 is 1.88 bits per heavy atom. The summed E-state index contributed by atoms with van der Waals surface area (Å²) < 4.78 is 10.6. The number of anilines is 2. The van der Waals surface area contributed by atoms with Crippen LogP contribution < -0.4 is 26.1 Å². The van der Waals surface area contributed by atoms with E-state index in [4.69, 9.17) is 15.2 Å². The average Bonchev–Trinajstić information content (AvgIpc) is 2.85. The average molecular weight is 448 g/mol. The molecule has 1 saturated heterocycles. The molecule has 0 radical (unpaired) electrons. The number of amides is 2. The summed E-state index contributed by atoms with van der Waals surface area (Å²) in [4.78, 5) is 21.7. The van der Waals surface area contributed by atoms with Gasteiger partial charge in [-0.1, -0.05) is 24.3 Å². The van der Waals surface area contributed by atoms with Gasteiger partial charge in [-0.15, -0.1) is 0 Å². The van der Waals surface area contributed by atoms with Crippen LogP contribution in [0.2, 0.25) is 0 Å². The zero-order valence-electron chi connectivity index (χ0n) is 18.4. The van der Waals surface area contributed by atoms with Crippen molar-refractivity contribution in [1.29, 1.82) is 0 Å². The van der Waals surface area contributed by atoms with Crippen molar-refractivity contribution >= 4 is 29.2 Å². The van der Waals surface area contributed by atoms with Gasteiger partial charge in [-0.25, -0.2) is 9.78 Å². The number of nitrogens with one attached hydrogen (secondary N) is 3. The van der Waals surface area contributed by atoms with Crippen molar-refractivity contribution < 1.29 is 19.3 Å². The molecule has 170 valence electrons. The summed E-state index contributed by atoms with van der Waals surface area (Å²) >= 11 is 0. The normalized spacial score (nSPS) is 14.0. The topological polar surface area (TPSA) is 115 Å². The van der Waals surface area contributed by atoms with Gasteiger partial charge >= 0.3 is 17.8 Å². The Labute approximate surface area is 192 Å². The fraction of sp³-hybridized carbons (Fsp3) is 0.208. The molecule has 0 unspecified atom stereocenters. The van der Waals surface area contributed by atoms with Crippen molar-refractivity contribution in [1.82, 2.24) is 4.90 Å². The minimum atomic E-state index is -0.121. The summed E-state index contributed by atoms with van der Waals surface area (Å²) in [6.45, 7) is 2.32. The van der Waals surface area contributed by atoms with Gasteiger partial charge in [0.15, 0.2) is 0 Å². The first-order valence-electron chi connectivity index (χ1n) is 10.6. The second kappa shape index (κ2) is 10.5. The third-order valence-electron chi connectivity index (χ3n) is 5.15. The van der Waals surface area contributed by atoms with Crippen molar-refractivity contribution in [3.05, 3.63) is 66.9 Å². The molecule has 2 amide bonds. The number of methoxy groups -OCH3 is 1. The fourth-order valence-electron chi connectivity index (χ4n) is 3.45. The Hall–Kier alpha value is -4.11. The molecule has 0 spiro atoms. The number of aromatic amines is 1. The van der Waals surface area contributed by atoms with Gasteiger partial charge in [0, 0.05) is 30.4 Å². The lowest BCUT2D eigenvalue weighted by atomic mass is 10.1. The predicted octanol–water partition coefficient (Wildman–Crippen LogP) is 3.10. The van der Waals surface area contributed by atoms with Crippen LogP contribution in [-0.4, -0.2) is 50.3 Å². The molecule has 9 heteroatoms. The van der Waals surface area contributed by atoms with Crippen LogP contribution in [0.25, 0.3) is 11.1 Å². The monoisotopic (exact) mass is 447 g/mol. The molecule has 0 aliphatic carbocycles. The third kappa shape index (κ3) is 5.78. The van der Waals surface area contributed by atoms with Gasteiger partial charge in [-0.2, -0.15) is 0 Å². The lowest BCUT2D eigenvalue weighted by Gasteiger charge is -2.27. The van der Waals surface area contributed by atoms with Crippen LogP contribution in [0, 0.1) is 0 Å². The summed E-state index contributed by atoms with van der Waals surface area (Å²) in [5, 5.41) is 6.00. The van der Waals surface area contributed by atoms with Crippen molar-refractivity contribution in [3.63, 3.8) is 0 Å². The van der Waals surface area contributed by atoms with Crippen LogP contribution in [0.5, 0.6) is 5.75 Å². The van der Waals surface area contributed by atoms with E-state index in [9.17, 15) is 4.79 Å². The van der Waals surface area contributed by atoms with Crippen LogP contribution in [0.4, 0.5) is 22.0 Å². The lowest BCUT2D eigenvalue weighted by molar-refractivity contribution is -0.361. The smallest absolute Gasteiger partial charge is 0.325 e. The van der Waals surface area contributed by atoms with E-state index in [2.05, 4.69) is 20.6 Å². The maximum Gasteiger partial charge on any atom is 0.325 e. The highest BCUT2D eigenvalue weighted by atomic mass is 16.5. The van der Waals surface area contributed by atoms with Crippen LogP contribution in [0.15, 0.2) is 71.9 Å². The standard InChI is InChI=1S/C24H26N6O3/c1-32-21-8-3-2-7-20(21)28-23(25)29-22-10-9-18(16-26-22)17-5-4-6-19(15-17)27-24(31)30-11-13-33-14-12-30/h2-10,15-16H,11-14H2,1H3,(H,27,31)(H3,25,26,28,29)/p+1. The molecule has 0 saturated carbocycles. The van der Waals surface area contributed by atoms with Crippen LogP contribution >= 0.6 is 0 Å². The quantitative estimate of drug-likeness (QED) is 0.411. The molecule has 5 N–H and O–H groups in total. The van der Waals surface area contributed by atoms with Crippen LogP contribution in [0.3, 0.4) is 0 Å². The first kappa shape index (κ1) is 22.1. The molecular weight excluding hydrogens is 420 g/mol. The van der Waals surface area contributed by atoms with E-state index in [1.807, 2.05) is 66.9 Å². The molecular formula is C24H27N6O3+. The van der Waals surface area contributed by atoms with Gasteiger partial charge in [0.1, 0.15) is 5.75 Å². The number of carbonyl (C=O) groups is 1. The Kier molecular flexibility index (Phi) is 7.01. The highest BCUT2D eigenvalue weighted by molar-refractivity contribution is 5.95. The third-order valence-corrected chi connectivity index (χ3v) is 5.15. The van der Waals surface area contributed by atoms with Crippen LogP contribution in [-0.2, 0) is 4.74 Å². The summed E-state index contributed by atoms with van der Waals surface area (Å²) in [7, 11) is 1.60. The molecule has 0 atom stereocenters. The number of benzene rings is 2.